The number of phenols is 1. The van der Waals surface area contributed by atoms with Crippen molar-refractivity contribution in [3.8, 4) is 5.75 Å². The van der Waals surface area contributed by atoms with Crippen LogP contribution in [0.15, 0.2) is 42.0 Å². The molecule has 0 saturated heterocycles. The molecule has 0 bridgehead atoms. The van der Waals surface area contributed by atoms with Crippen LogP contribution in [0.1, 0.15) is 39.7 Å². The monoisotopic (exact) mass is 363 g/mol. The maximum atomic E-state index is 9.18. The molecule has 1 nitrogen and oxygen atoms in total. The summed E-state index contributed by atoms with van der Waals surface area (Å²) in [5, 5.41) is 9.18. The van der Waals surface area contributed by atoms with Crippen molar-refractivity contribution in [3.63, 3.8) is 0 Å². The molecule has 0 aliphatic heterocycles. The molecule has 0 amide bonds. The van der Waals surface area contributed by atoms with Gasteiger partial charge in [-0.2, -0.15) is 6.08 Å². The van der Waals surface area contributed by atoms with Gasteiger partial charge in [-0.25, -0.2) is 11.6 Å². The van der Waals surface area contributed by atoms with Gasteiger partial charge >= 0.3 is 24.8 Å². The average Bonchev–Trinajstić information content (AvgIpc) is 2.83. The number of aromatic hydroxyl groups is 1. The summed E-state index contributed by atoms with van der Waals surface area (Å²) >= 11 is 1.75. The molecule has 0 saturated carbocycles. The van der Waals surface area contributed by atoms with E-state index in [-0.39, 0.29) is 30.2 Å². The molecule has 1 aromatic carbocycles. The third-order valence-corrected chi connectivity index (χ3v) is 2.58. The van der Waals surface area contributed by atoms with E-state index in [2.05, 4.69) is 50.7 Å². The van der Waals surface area contributed by atoms with E-state index in [1.54, 1.807) is 32.1 Å². The minimum atomic E-state index is 0. The van der Waals surface area contributed by atoms with Gasteiger partial charge in [0.1, 0.15) is 5.75 Å². The molecule has 4 heteroatoms. The SMILES string of the molecule is CC(C)(C)c1cccc(O)c1.CC1=[C-]CC=C1.Cl.Cl.[CH2]=[Ti+]. The Morgan fingerprint density at radius 3 is 2.00 bits per heavy atom. The third kappa shape index (κ3) is 11.9. The summed E-state index contributed by atoms with van der Waals surface area (Å²) in [7, 11) is 0. The normalized spacial score (nSPS) is 11.6. The Kier molecular flexibility index (Phi) is 16.3. The van der Waals surface area contributed by atoms with Crippen LogP contribution in [0.2, 0.25) is 0 Å². The molecule has 1 aromatic rings. The van der Waals surface area contributed by atoms with Gasteiger partial charge in [-0.3, -0.25) is 6.08 Å². The van der Waals surface area contributed by atoms with Crippen molar-refractivity contribution in [2.24, 2.45) is 0 Å². The summed E-state index contributed by atoms with van der Waals surface area (Å²) in [6.45, 7) is 8.44. The first kappa shape index (κ1) is 25.6. The van der Waals surface area contributed by atoms with Crippen molar-refractivity contribution >= 4 is 29.6 Å². The van der Waals surface area contributed by atoms with E-state index in [4.69, 9.17) is 0 Å². The summed E-state index contributed by atoms with van der Waals surface area (Å²) in [5.41, 5.74) is 2.56. The van der Waals surface area contributed by atoms with Gasteiger partial charge in [-0.15, -0.1) is 31.2 Å². The Morgan fingerprint density at radius 2 is 1.76 bits per heavy atom. The van der Waals surface area contributed by atoms with Gasteiger partial charge in [0.15, 0.2) is 0 Å². The number of rotatable bonds is 0. The summed E-state index contributed by atoms with van der Waals surface area (Å²) in [5.74, 6) is 0.345. The maximum absolute atomic E-state index is 9.18. The van der Waals surface area contributed by atoms with E-state index in [0.717, 1.165) is 12.0 Å². The second-order valence-corrected chi connectivity index (χ2v) is 5.27. The second kappa shape index (κ2) is 13.3. The molecule has 0 heterocycles. The van der Waals surface area contributed by atoms with Crippen molar-refractivity contribution in [2.75, 3.05) is 0 Å². The van der Waals surface area contributed by atoms with Crippen molar-refractivity contribution < 1.29 is 25.1 Å². The van der Waals surface area contributed by atoms with Gasteiger partial charge in [-0.1, -0.05) is 39.8 Å². The minimum absolute atomic E-state index is 0. The fraction of sp³-hybridized carbons (Fsp3) is 0.353. The Hall–Kier alpha value is -0.336. The number of hydrogen-bond donors (Lipinski definition) is 1. The summed E-state index contributed by atoms with van der Waals surface area (Å²) < 4.78 is 0. The van der Waals surface area contributed by atoms with Gasteiger partial charge in [0.2, 0.25) is 0 Å². The number of hydrogen-bond acceptors (Lipinski definition) is 1. The second-order valence-electron chi connectivity index (χ2n) is 5.27. The van der Waals surface area contributed by atoms with E-state index in [9.17, 15) is 5.11 Å². The standard InChI is InChI=1S/C10H14O.C6H7.CH2.2ClH.Ti/c1-10(2,3)8-5-4-6-9(11)7-8;1-6-4-2-3-5-6;;;;/h4-7,11H,1-3H3;2,4H,3H2,1H3;1H2;2*1H;/q;-1;;;;+1. The molecule has 0 spiro atoms. The van der Waals surface area contributed by atoms with Crippen LogP contribution in [0.25, 0.3) is 0 Å². The number of allylic oxidation sites excluding steroid dienone is 4. The average molecular weight is 364 g/mol. The van der Waals surface area contributed by atoms with Crippen molar-refractivity contribution in [1.29, 1.82) is 0 Å². The van der Waals surface area contributed by atoms with Crippen molar-refractivity contribution in [3.05, 3.63) is 53.6 Å². The van der Waals surface area contributed by atoms with Gasteiger partial charge in [0, 0.05) is 0 Å². The van der Waals surface area contributed by atoms with E-state index >= 15 is 0 Å². The first-order valence-corrected chi connectivity index (χ1v) is 7.39. The van der Waals surface area contributed by atoms with Gasteiger partial charge in [0.25, 0.3) is 0 Å². The van der Waals surface area contributed by atoms with Gasteiger partial charge < -0.3 is 5.11 Å². The van der Waals surface area contributed by atoms with E-state index in [1.807, 2.05) is 12.1 Å². The number of phenolic OH excluding ortho intramolecular Hbond substituents is 1. The quantitative estimate of drug-likeness (QED) is 0.496. The fourth-order valence-corrected chi connectivity index (χ4v) is 1.49. The Bertz CT molecular complexity index is 446. The van der Waals surface area contributed by atoms with Gasteiger partial charge in [-0.05, 0) is 23.1 Å². The molecule has 117 valence electrons. The molecule has 2 rings (SSSR count). The van der Waals surface area contributed by atoms with Crippen LogP contribution in [0.4, 0.5) is 0 Å². The van der Waals surface area contributed by atoms with E-state index in [1.165, 1.54) is 5.57 Å². The van der Waals surface area contributed by atoms with Crippen molar-refractivity contribution in [2.45, 2.75) is 39.5 Å². The van der Waals surface area contributed by atoms with E-state index < -0.39 is 0 Å². The summed E-state index contributed by atoms with van der Waals surface area (Å²) in [4.78, 5) is 3.25. The molecule has 1 N–H and O–H groups in total. The third-order valence-electron chi connectivity index (χ3n) is 2.58. The molecule has 0 radical (unpaired) electrons. The summed E-state index contributed by atoms with van der Waals surface area (Å²) in [6.07, 6.45) is 8.33. The topological polar surface area (TPSA) is 20.2 Å². The van der Waals surface area contributed by atoms with Crippen LogP contribution >= 0.6 is 24.8 Å². The molecular formula is C17H25Cl2OTi. The molecule has 1 aliphatic carbocycles. The van der Waals surface area contributed by atoms with Crippen LogP contribution in [0, 0.1) is 6.08 Å². The first-order chi connectivity index (χ1) is 8.89. The van der Waals surface area contributed by atoms with Crippen molar-refractivity contribution in [1.82, 2.24) is 0 Å². The zero-order valence-corrected chi connectivity index (χ0v) is 16.3. The molecular weight excluding hydrogens is 339 g/mol. The van der Waals surface area contributed by atoms with Crippen LogP contribution in [0.5, 0.6) is 5.75 Å². The van der Waals surface area contributed by atoms with E-state index in [0.29, 0.717) is 5.75 Å². The van der Waals surface area contributed by atoms with Crippen LogP contribution in [-0.2, 0) is 25.4 Å². The molecule has 0 atom stereocenters. The molecule has 0 aromatic heterocycles. The Labute approximate surface area is 153 Å². The van der Waals surface area contributed by atoms with Crippen LogP contribution in [0.3, 0.4) is 0 Å². The predicted molar refractivity (Wildman–Crippen MR) is 94.6 cm³/mol. The Balaban J connectivity index is -0.000000279. The Morgan fingerprint density at radius 1 is 1.19 bits per heavy atom. The predicted octanol–water partition coefficient (Wildman–Crippen LogP) is 5.19. The first-order valence-electron chi connectivity index (χ1n) is 6.28. The fourth-order valence-electron chi connectivity index (χ4n) is 1.49. The van der Waals surface area contributed by atoms with Crippen LogP contribution in [-0.4, -0.2) is 9.92 Å². The number of halogens is 2. The zero-order valence-electron chi connectivity index (χ0n) is 13.1. The zero-order chi connectivity index (χ0) is 14.9. The molecule has 0 unspecified atom stereocenters. The number of benzene rings is 1. The molecule has 21 heavy (non-hydrogen) atoms. The van der Waals surface area contributed by atoms with Crippen LogP contribution < -0.4 is 0 Å². The van der Waals surface area contributed by atoms with Gasteiger partial charge in [0.05, 0.1) is 0 Å². The summed E-state index contributed by atoms with van der Waals surface area (Å²) in [6, 6.07) is 7.39. The molecule has 1 aliphatic rings. The molecule has 0 fully saturated rings.